The predicted molar refractivity (Wildman–Crippen MR) is 106 cm³/mol. The lowest BCUT2D eigenvalue weighted by Gasteiger charge is -2.21. The van der Waals surface area contributed by atoms with Gasteiger partial charge in [-0.1, -0.05) is 24.3 Å². The molecular weight excluding hydrogens is 384 g/mol. The molecule has 1 saturated heterocycles. The number of hydrogen-bond donors (Lipinski definition) is 0. The van der Waals surface area contributed by atoms with Crippen LogP contribution >= 0.6 is 11.3 Å². The highest BCUT2D eigenvalue weighted by Crippen LogP contribution is 2.34. The Morgan fingerprint density at radius 1 is 1.11 bits per heavy atom. The van der Waals surface area contributed by atoms with Crippen LogP contribution in [0.3, 0.4) is 0 Å². The zero-order valence-electron chi connectivity index (χ0n) is 15.6. The molecule has 0 bridgehead atoms. The molecule has 1 aromatic heterocycles. The van der Waals surface area contributed by atoms with Gasteiger partial charge in [-0.3, -0.25) is 4.79 Å². The van der Waals surface area contributed by atoms with Crippen LogP contribution in [0.15, 0.2) is 40.6 Å². The quantitative estimate of drug-likeness (QED) is 0.763. The molecule has 1 amide bonds. The number of rotatable bonds is 5. The van der Waals surface area contributed by atoms with E-state index in [1.165, 1.54) is 22.8 Å². The number of amides is 1. The Kier molecular flexibility index (Phi) is 6.31. The normalized spacial score (nSPS) is 16.3. The Labute approximate surface area is 164 Å². The van der Waals surface area contributed by atoms with Crippen molar-refractivity contribution in [3.8, 4) is 10.4 Å². The number of methoxy groups -OCH3 is 1. The Morgan fingerprint density at radius 2 is 1.89 bits per heavy atom. The number of carbonyl (C=O) groups excluding carboxylic acids is 1. The van der Waals surface area contributed by atoms with Crippen molar-refractivity contribution in [3.63, 3.8) is 0 Å². The summed E-state index contributed by atoms with van der Waals surface area (Å²) in [6.07, 6.45) is 0.616. The van der Waals surface area contributed by atoms with Crippen molar-refractivity contribution in [2.45, 2.75) is 17.6 Å². The molecule has 2 aromatic rings. The molecule has 3 rings (SSSR count). The highest BCUT2D eigenvalue weighted by atomic mass is 32.2. The van der Waals surface area contributed by atoms with Crippen molar-refractivity contribution in [2.75, 3.05) is 39.9 Å². The van der Waals surface area contributed by atoms with E-state index in [2.05, 4.69) is 0 Å². The largest absolute Gasteiger partial charge is 0.375 e. The zero-order valence-corrected chi connectivity index (χ0v) is 17.2. The SMILES string of the molecule is COCC(=O)N1CCCN(S(=O)(=O)c2ccc(-c3ccccc3C)s2)CC1. The lowest BCUT2D eigenvalue weighted by molar-refractivity contribution is -0.134. The summed E-state index contributed by atoms with van der Waals surface area (Å²) in [6, 6.07) is 11.5. The molecule has 0 atom stereocenters. The van der Waals surface area contributed by atoms with E-state index in [1.54, 1.807) is 11.0 Å². The van der Waals surface area contributed by atoms with E-state index in [0.717, 1.165) is 16.0 Å². The summed E-state index contributed by atoms with van der Waals surface area (Å²) < 4.78 is 32.9. The molecular formula is C19H24N2O4S2. The monoisotopic (exact) mass is 408 g/mol. The molecule has 8 heteroatoms. The van der Waals surface area contributed by atoms with Crippen molar-refractivity contribution in [1.29, 1.82) is 0 Å². The summed E-state index contributed by atoms with van der Waals surface area (Å²) in [5.74, 6) is -0.102. The smallest absolute Gasteiger partial charge is 0.252 e. The van der Waals surface area contributed by atoms with Crippen molar-refractivity contribution in [1.82, 2.24) is 9.21 Å². The van der Waals surface area contributed by atoms with E-state index < -0.39 is 10.0 Å². The van der Waals surface area contributed by atoms with Gasteiger partial charge in [-0.05, 0) is 36.6 Å². The first-order valence-corrected chi connectivity index (χ1v) is 11.1. The molecule has 27 heavy (non-hydrogen) atoms. The van der Waals surface area contributed by atoms with Crippen molar-refractivity contribution in [3.05, 3.63) is 42.0 Å². The van der Waals surface area contributed by atoms with Gasteiger partial charge in [0.05, 0.1) is 0 Å². The van der Waals surface area contributed by atoms with Gasteiger partial charge < -0.3 is 9.64 Å². The molecule has 2 heterocycles. The van der Waals surface area contributed by atoms with Gasteiger partial charge in [0.25, 0.3) is 10.0 Å². The zero-order chi connectivity index (χ0) is 19.4. The molecule has 0 N–H and O–H groups in total. The van der Waals surface area contributed by atoms with Crippen molar-refractivity contribution in [2.24, 2.45) is 0 Å². The lowest BCUT2D eigenvalue weighted by atomic mass is 10.1. The number of thiophene rings is 1. The first kappa shape index (κ1) is 20.0. The molecule has 0 unspecified atom stereocenters. The first-order valence-electron chi connectivity index (χ1n) is 8.86. The minimum Gasteiger partial charge on any atom is -0.375 e. The minimum absolute atomic E-state index is 0.0253. The summed E-state index contributed by atoms with van der Waals surface area (Å²) in [5, 5.41) is 0. The molecule has 146 valence electrons. The van der Waals surface area contributed by atoms with E-state index >= 15 is 0 Å². The number of hydrogen-bond acceptors (Lipinski definition) is 5. The summed E-state index contributed by atoms with van der Waals surface area (Å²) in [7, 11) is -2.08. The maximum atomic E-state index is 13.1. The summed E-state index contributed by atoms with van der Waals surface area (Å²) >= 11 is 1.29. The van der Waals surface area contributed by atoms with Gasteiger partial charge in [-0.25, -0.2) is 8.42 Å². The van der Waals surface area contributed by atoms with Gasteiger partial charge in [0, 0.05) is 38.2 Å². The predicted octanol–water partition coefficient (Wildman–Crippen LogP) is 2.59. The highest BCUT2D eigenvalue weighted by molar-refractivity contribution is 7.91. The van der Waals surface area contributed by atoms with Gasteiger partial charge in [-0.2, -0.15) is 4.31 Å². The van der Waals surface area contributed by atoms with Gasteiger partial charge in [-0.15, -0.1) is 11.3 Å². The van der Waals surface area contributed by atoms with Crippen molar-refractivity contribution < 1.29 is 17.9 Å². The summed E-state index contributed by atoms with van der Waals surface area (Å²) in [4.78, 5) is 14.6. The summed E-state index contributed by atoms with van der Waals surface area (Å²) in [6.45, 7) is 3.69. The van der Waals surface area contributed by atoms with E-state index in [4.69, 9.17) is 4.74 Å². The minimum atomic E-state index is -3.56. The molecule has 0 spiro atoms. The number of benzene rings is 1. The topological polar surface area (TPSA) is 66.9 Å². The van der Waals surface area contributed by atoms with Crippen molar-refractivity contribution >= 4 is 27.3 Å². The molecule has 0 radical (unpaired) electrons. The number of carbonyl (C=O) groups is 1. The highest BCUT2D eigenvalue weighted by Gasteiger charge is 2.29. The van der Waals surface area contributed by atoms with Gasteiger partial charge in [0.2, 0.25) is 5.91 Å². The number of nitrogens with zero attached hydrogens (tertiary/aromatic N) is 2. The van der Waals surface area contributed by atoms with Crippen LogP contribution in [0.1, 0.15) is 12.0 Å². The van der Waals surface area contributed by atoms with Crippen LogP contribution < -0.4 is 0 Å². The van der Waals surface area contributed by atoms with Crippen LogP contribution in [0.2, 0.25) is 0 Å². The average molecular weight is 409 g/mol. The van der Waals surface area contributed by atoms with Crippen LogP contribution in [-0.2, 0) is 19.6 Å². The van der Waals surface area contributed by atoms with E-state index in [9.17, 15) is 13.2 Å². The Bertz CT molecular complexity index is 908. The van der Waals surface area contributed by atoms with Gasteiger partial charge in [0.1, 0.15) is 10.8 Å². The Balaban J connectivity index is 1.77. The van der Waals surface area contributed by atoms with E-state index in [1.807, 2.05) is 37.3 Å². The number of sulfonamides is 1. The molecule has 0 aliphatic carbocycles. The first-order chi connectivity index (χ1) is 12.9. The number of aryl methyl sites for hydroxylation is 1. The van der Waals surface area contributed by atoms with E-state index in [-0.39, 0.29) is 12.5 Å². The summed E-state index contributed by atoms with van der Waals surface area (Å²) in [5.41, 5.74) is 2.17. The molecule has 6 nitrogen and oxygen atoms in total. The third-order valence-electron chi connectivity index (χ3n) is 4.66. The molecule has 0 saturated carbocycles. The fourth-order valence-corrected chi connectivity index (χ4v) is 6.20. The maximum Gasteiger partial charge on any atom is 0.252 e. The van der Waals surface area contributed by atoms with Gasteiger partial charge >= 0.3 is 0 Å². The maximum absolute atomic E-state index is 13.1. The molecule has 1 fully saturated rings. The molecule has 1 aromatic carbocycles. The van der Waals surface area contributed by atoms with Gasteiger partial charge in [0.15, 0.2) is 0 Å². The van der Waals surface area contributed by atoms with E-state index in [0.29, 0.717) is 36.8 Å². The second-order valence-corrected chi connectivity index (χ2v) is 9.75. The van der Waals surface area contributed by atoms with Crippen LogP contribution in [-0.4, -0.2) is 63.4 Å². The second-order valence-electron chi connectivity index (χ2n) is 6.51. The van der Waals surface area contributed by atoms with Crippen LogP contribution in [0.4, 0.5) is 0 Å². The average Bonchev–Trinajstić information content (AvgIpc) is 3.00. The van der Waals surface area contributed by atoms with Crippen LogP contribution in [0, 0.1) is 6.92 Å². The second kappa shape index (κ2) is 8.52. The Morgan fingerprint density at radius 3 is 2.63 bits per heavy atom. The Hall–Kier alpha value is -1.74. The van der Waals surface area contributed by atoms with Crippen LogP contribution in [0.5, 0.6) is 0 Å². The fourth-order valence-electron chi connectivity index (χ4n) is 3.18. The lowest BCUT2D eigenvalue weighted by Crippen LogP contribution is -2.38. The molecule has 1 aliphatic rings. The number of ether oxygens (including phenoxy) is 1. The van der Waals surface area contributed by atoms with Crippen LogP contribution in [0.25, 0.3) is 10.4 Å². The standard InChI is InChI=1S/C19H24N2O4S2/c1-15-6-3-4-7-16(15)17-8-9-19(26-17)27(23,24)21-11-5-10-20(12-13-21)18(22)14-25-2/h3-4,6-9H,5,10-14H2,1-2H3. The molecule has 1 aliphatic heterocycles. The third kappa shape index (κ3) is 4.40. The third-order valence-corrected chi connectivity index (χ3v) is 8.15. The fraction of sp³-hybridized carbons (Fsp3) is 0.421.